The summed E-state index contributed by atoms with van der Waals surface area (Å²) in [7, 11) is 1.37. The number of hydrogen-bond acceptors (Lipinski definition) is 3. The van der Waals surface area contributed by atoms with Crippen molar-refractivity contribution in [2.75, 3.05) is 13.7 Å². The first-order chi connectivity index (χ1) is 7.20. The number of methoxy groups -OCH3 is 1. The molecule has 0 bridgehead atoms. The standard InChI is InChI=1S/C12H15NO2/c1-9(7-8-13)10-5-3-4-6-11(10)12(14)15-2/h3-6H,1,7-8,13H2,2H3. The predicted octanol–water partition coefficient (Wildman–Crippen LogP) is 1.84. The van der Waals surface area contributed by atoms with Crippen molar-refractivity contribution in [1.82, 2.24) is 0 Å². The lowest BCUT2D eigenvalue weighted by Gasteiger charge is -2.09. The molecule has 0 amide bonds. The molecule has 0 unspecified atom stereocenters. The molecule has 80 valence electrons. The van der Waals surface area contributed by atoms with Crippen LogP contribution < -0.4 is 5.73 Å². The van der Waals surface area contributed by atoms with Crippen molar-refractivity contribution in [3.05, 3.63) is 42.0 Å². The summed E-state index contributed by atoms with van der Waals surface area (Å²) in [6.07, 6.45) is 0.675. The zero-order valence-corrected chi connectivity index (χ0v) is 8.82. The van der Waals surface area contributed by atoms with Crippen molar-refractivity contribution in [3.8, 4) is 0 Å². The number of carbonyl (C=O) groups excluding carboxylic acids is 1. The summed E-state index contributed by atoms with van der Waals surface area (Å²) in [6, 6.07) is 7.24. The average Bonchev–Trinajstić information content (AvgIpc) is 2.28. The average molecular weight is 205 g/mol. The quantitative estimate of drug-likeness (QED) is 0.763. The molecule has 0 saturated carbocycles. The summed E-state index contributed by atoms with van der Waals surface area (Å²) >= 11 is 0. The van der Waals surface area contributed by atoms with Crippen LogP contribution in [0.2, 0.25) is 0 Å². The Balaban J connectivity index is 3.06. The Hall–Kier alpha value is -1.61. The number of carbonyl (C=O) groups is 1. The van der Waals surface area contributed by atoms with Gasteiger partial charge >= 0.3 is 5.97 Å². The fourth-order valence-electron chi connectivity index (χ4n) is 1.39. The Morgan fingerprint density at radius 2 is 2.00 bits per heavy atom. The smallest absolute Gasteiger partial charge is 0.338 e. The fraction of sp³-hybridized carbons (Fsp3) is 0.250. The van der Waals surface area contributed by atoms with Gasteiger partial charge in [0.1, 0.15) is 0 Å². The Labute approximate surface area is 89.5 Å². The maximum atomic E-state index is 11.4. The summed E-state index contributed by atoms with van der Waals surface area (Å²) in [5, 5.41) is 0. The minimum absolute atomic E-state index is 0.344. The van der Waals surface area contributed by atoms with Gasteiger partial charge in [-0.15, -0.1) is 0 Å². The molecule has 15 heavy (non-hydrogen) atoms. The van der Waals surface area contributed by atoms with E-state index >= 15 is 0 Å². The minimum Gasteiger partial charge on any atom is -0.465 e. The molecule has 0 radical (unpaired) electrons. The van der Waals surface area contributed by atoms with Gasteiger partial charge in [0.2, 0.25) is 0 Å². The fourth-order valence-corrected chi connectivity index (χ4v) is 1.39. The molecular weight excluding hydrogens is 190 g/mol. The Morgan fingerprint density at radius 1 is 1.40 bits per heavy atom. The highest BCUT2D eigenvalue weighted by Crippen LogP contribution is 2.20. The van der Waals surface area contributed by atoms with Gasteiger partial charge in [-0.05, 0) is 30.2 Å². The molecular formula is C12H15NO2. The normalized spacial score (nSPS) is 9.73. The van der Waals surface area contributed by atoms with Gasteiger partial charge < -0.3 is 10.5 Å². The van der Waals surface area contributed by atoms with Crippen LogP contribution in [0, 0.1) is 0 Å². The zero-order valence-electron chi connectivity index (χ0n) is 8.82. The third-order valence-corrected chi connectivity index (χ3v) is 2.16. The summed E-state index contributed by atoms with van der Waals surface area (Å²) in [4.78, 5) is 11.4. The van der Waals surface area contributed by atoms with E-state index < -0.39 is 0 Å². The number of ether oxygens (including phenoxy) is 1. The van der Waals surface area contributed by atoms with Crippen LogP contribution in [0.5, 0.6) is 0 Å². The molecule has 0 atom stereocenters. The predicted molar refractivity (Wildman–Crippen MR) is 60.5 cm³/mol. The van der Waals surface area contributed by atoms with Crippen LogP contribution in [-0.2, 0) is 4.74 Å². The van der Waals surface area contributed by atoms with Gasteiger partial charge in [0.15, 0.2) is 0 Å². The lowest BCUT2D eigenvalue weighted by molar-refractivity contribution is 0.0600. The van der Waals surface area contributed by atoms with Gasteiger partial charge in [0, 0.05) is 0 Å². The summed E-state index contributed by atoms with van der Waals surface area (Å²) in [6.45, 7) is 4.43. The second-order valence-corrected chi connectivity index (χ2v) is 3.18. The topological polar surface area (TPSA) is 52.3 Å². The van der Waals surface area contributed by atoms with E-state index in [0.717, 1.165) is 11.1 Å². The first kappa shape index (κ1) is 11.5. The van der Waals surface area contributed by atoms with Crippen molar-refractivity contribution >= 4 is 11.5 Å². The first-order valence-corrected chi connectivity index (χ1v) is 4.76. The minimum atomic E-state index is -0.344. The number of hydrogen-bond donors (Lipinski definition) is 1. The third kappa shape index (κ3) is 2.67. The Bertz CT molecular complexity index is 372. The van der Waals surface area contributed by atoms with Gasteiger partial charge in [-0.3, -0.25) is 0 Å². The molecule has 0 aliphatic carbocycles. The molecule has 0 heterocycles. The second-order valence-electron chi connectivity index (χ2n) is 3.18. The molecule has 0 aliphatic rings. The van der Waals surface area contributed by atoms with Gasteiger partial charge in [-0.2, -0.15) is 0 Å². The van der Waals surface area contributed by atoms with E-state index in [1.807, 2.05) is 12.1 Å². The molecule has 1 rings (SSSR count). The summed E-state index contributed by atoms with van der Waals surface area (Å²) < 4.78 is 4.69. The number of nitrogens with two attached hydrogens (primary N) is 1. The van der Waals surface area contributed by atoms with Crippen LogP contribution in [0.4, 0.5) is 0 Å². The first-order valence-electron chi connectivity index (χ1n) is 4.76. The highest BCUT2D eigenvalue weighted by molar-refractivity contribution is 5.95. The van der Waals surface area contributed by atoms with E-state index in [0.29, 0.717) is 18.5 Å². The van der Waals surface area contributed by atoms with Gasteiger partial charge in [-0.25, -0.2) is 4.79 Å². The van der Waals surface area contributed by atoms with Crippen LogP contribution in [-0.4, -0.2) is 19.6 Å². The molecule has 0 aliphatic heterocycles. The lowest BCUT2D eigenvalue weighted by Crippen LogP contribution is -2.06. The molecule has 1 aromatic carbocycles. The molecule has 0 saturated heterocycles. The van der Waals surface area contributed by atoms with Crippen LogP contribution in [0.25, 0.3) is 5.57 Å². The van der Waals surface area contributed by atoms with Crippen molar-refractivity contribution in [2.45, 2.75) is 6.42 Å². The monoisotopic (exact) mass is 205 g/mol. The molecule has 3 nitrogen and oxygen atoms in total. The van der Waals surface area contributed by atoms with Gasteiger partial charge in [-0.1, -0.05) is 24.8 Å². The summed E-state index contributed by atoms with van der Waals surface area (Å²) in [5.74, 6) is -0.344. The van der Waals surface area contributed by atoms with Crippen molar-refractivity contribution in [1.29, 1.82) is 0 Å². The maximum Gasteiger partial charge on any atom is 0.338 e. The van der Waals surface area contributed by atoms with Crippen molar-refractivity contribution < 1.29 is 9.53 Å². The van der Waals surface area contributed by atoms with E-state index in [-0.39, 0.29) is 5.97 Å². The molecule has 2 N–H and O–H groups in total. The second kappa shape index (κ2) is 5.32. The van der Waals surface area contributed by atoms with E-state index in [2.05, 4.69) is 6.58 Å². The van der Waals surface area contributed by atoms with Crippen LogP contribution in [0.3, 0.4) is 0 Å². The maximum absolute atomic E-state index is 11.4. The van der Waals surface area contributed by atoms with Crippen molar-refractivity contribution in [2.24, 2.45) is 5.73 Å². The summed E-state index contributed by atoms with van der Waals surface area (Å²) in [5.41, 5.74) is 7.66. The SMILES string of the molecule is C=C(CCN)c1ccccc1C(=O)OC. The highest BCUT2D eigenvalue weighted by atomic mass is 16.5. The highest BCUT2D eigenvalue weighted by Gasteiger charge is 2.12. The molecule has 3 heteroatoms. The molecule has 0 fully saturated rings. The van der Waals surface area contributed by atoms with Gasteiger partial charge in [0.05, 0.1) is 12.7 Å². The lowest BCUT2D eigenvalue weighted by atomic mass is 9.99. The number of rotatable bonds is 4. The Kier molecular flexibility index (Phi) is 4.06. The van der Waals surface area contributed by atoms with E-state index in [9.17, 15) is 4.79 Å². The zero-order chi connectivity index (χ0) is 11.3. The largest absolute Gasteiger partial charge is 0.465 e. The van der Waals surface area contributed by atoms with E-state index in [4.69, 9.17) is 10.5 Å². The van der Waals surface area contributed by atoms with E-state index in [1.54, 1.807) is 12.1 Å². The van der Waals surface area contributed by atoms with Gasteiger partial charge in [0.25, 0.3) is 0 Å². The molecule has 0 spiro atoms. The van der Waals surface area contributed by atoms with Crippen LogP contribution in [0.15, 0.2) is 30.8 Å². The van der Waals surface area contributed by atoms with Crippen LogP contribution >= 0.6 is 0 Å². The van der Waals surface area contributed by atoms with Crippen LogP contribution in [0.1, 0.15) is 22.3 Å². The number of esters is 1. The Morgan fingerprint density at radius 3 is 2.53 bits per heavy atom. The number of benzene rings is 1. The molecule has 0 aromatic heterocycles. The van der Waals surface area contributed by atoms with Crippen molar-refractivity contribution in [3.63, 3.8) is 0 Å². The third-order valence-electron chi connectivity index (χ3n) is 2.16. The molecule has 1 aromatic rings. The van der Waals surface area contributed by atoms with E-state index in [1.165, 1.54) is 7.11 Å².